The van der Waals surface area contributed by atoms with Crippen LogP contribution in [0.5, 0.6) is 5.75 Å². The van der Waals surface area contributed by atoms with Gasteiger partial charge in [-0.3, -0.25) is 0 Å². The quantitative estimate of drug-likeness (QED) is 0.733. The fourth-order valence-corrected chi connectivity index (χ4v) is 2.65. The Labute approximate surface area is 117 Å². The monoisotopic (exact) mass is 262 g/mol. The van der Waals surface area contributed by atoms with E-state index in [1.807, 2.05) is 30.3 Å². The first-order valence-corrected chi connectivity index (χ1v) is 7.32. The number of likely N-dealkylation sites (tertiary alicyclic amines) is 1. The second kappa shape index (κ2) is 7.51. The van der Waals surface area contributed by atoms with Crippen LogP contribution in [-0.4, -0.2) is 56.2 Å². The van der Waals surface area contributed by atoms with E-state index in [0.717, 1.165) is 31.4 Å². The molecule has 2 rings (SSSR count). The van der Waals surface area contributed by atoms with E-state index in [0.29, 0.717) is 0 Å². The molecule has 106 valence electrons. The molecule has 0 spiro atoms. The zero-order valence-corrected chi connectivity index (χ0v) is 12.2. The Morgan fingerprint density at radius 1 is 1.16 bits per heavy atom. The fourth-order valence-electron chi connectivity index (χ4n) is 2.65. The maximum absolute atomic E-state index is 5.72. The third-order valence-corrected chi connectivity index (χ3v) is 3.92. The topological polar surface area (TPSA) is 15.7 Å². The number of para-hydroxylation sites is 1. The summed E-state index contributed by atoms with van der Waals surface area (Å²) < 4.78 is 5.72. The van der Waals surface area contributed by atoms with Crippen molar-refractivity contribution in [3.8, 4) is 5.75 Å². The molecular weight excluding hydrogens is 236 g/mol. The first kappa shape index (κ1) is 14.4. The lowest BCUT2D eigenvalue weighted by molar-refractivity contribution is 0.138. The predicted molar refractivity (Wildman–Crippen MR) is 79.7 cm³/mol. The molecule has 0 aliphatic carbocycles. The normalized spacial score (nSPS) is 17.8. The highest BCUT2D eigenvalue weighted by Crippen LogP contribution is 2.14. The van der Waals surface area contributed by atoms with Gasteiger partial charge < -0.3 is 14.5 Å². The van der Waals surface area contributed by atoms with Gasteiger partial charge in [0, 0.05) is 12.6 Å². The van der Waals surface area contributed by atoms with Gasteiger partial charge in [-0.25, -0.2) is 0 Å². The molecule has 0 bridgehead atoms. The molecule has 1 aliphatic rings. The van der Waals surface area contributed by atoms with Crippen LogP contribution in [-0.2, 0) is 0 Å². The van der Waals surface area contributed by atoms with Crippen molar-refractivity contribution in [1.29, 1.82) is 0 Å². The van der Waals surface area contributed by atoms with Crippen molar-refractivity contribution in [1.82, 2.24) is 9.80 Å². The van der Waals surface area contributed by atoms with Crippen molar-refractivity contribution in [2.24, 2.45) is 0 Å². The summed E-state index contributed by atoms with van der Waals surface area (Å²) >= 11 is 0. The van der Waals surface area contributed by atoms with Crippen LogP contribution in [0.25, 0.3) is 0 Å². The van der Waals surface area contributed by atoms with Crippen molar-refractivity contribution in [2.45, 2.75) is 25.3 Å². The molecule has 19 heavy (non-hydrogen) atoms. The van der Waals surface area contributed by atoms with Crippen LogP contribution in [0.1, 0.15) is 19.3 Å². The van der Waals surface area contributed by atoms with Gasteiger partial charge in [-0.2, -0.15) is 0 Å². The summed E-state index contributed by atoms with van der Waals surface area (Å²) in [6, 6.07) is 10.9. The van der Waals surface area contributed by atoms with Crippen LogP contribution in [0.2, 0.25) is 0 Å². The van der Waals surface area contributed by atoms with Gasteiger partial charge in [-0.05, 0) is 58.6 Å². The van der Waals surface area contributed by atoms with Crippen LogP contribution in [0.15, 0.2) is 30.3 Å². The van der Waals surface area contributed by atoms with Crippen molar-refractivity contribution < 1.29 is 4.74 Å². The molecule has 1 heterocycles. The lowest BCUT2D eigenvalue weighted by Crippen LogP contribution is -2.42. The van der Waals surface area contributed by atoms with Crippen molar-refractivity contribution in [2.75, 3.05) is 40.3 Å². The molecule has 1 aliphatic heterocycles. The van der Waals surface area contributed by atoms with E-state index in [4.69, 9.17) is 4.74 Å². The summed E-state index contributed by atoms with van der Waals surface area (Å²) in [5.41, 5.74) is 0. The molecule has 3 heteroatoms. The lowest BCUT2D eigenvalue weighted by Gasteiger charge is -2.35. The van der Waals surface area contributed by atoms with Gasteiger partial charge in [0.2, 0.25) is 0 Å². The number of nitrogens with zero attached hydrogens (tertiary/aromatic N) is 2. The number of benzene rings is 1. The minimum absolute atomic E-state index is 0.775. The number of hydrogen-bond donors (Lipinski definition) is 0. The van der Waals surface area contributed by atoms with E-state index in [1.54, 1.807) is 0 Å². The average Bonchev–Trinajstić information content (AvgIpc) is 2.45. The van der Waals surface area contributed by atoms with E-state index in [2.05, 4.69) is 23.9 Å². The molecule has 0 atom stereocenters. The highest BCUT2D eigenvalue weighted by Gasteiger charge is 2.19. The van der Waals surface area contributed by atoms with Crippen LogP contribution in [0, 0.1) is 0 Å². The Morgan fingerprint density at radius 2 is 1.84 bits per heavy atom. The van der Waals surface area contributed by atoms with Gasteiger partial charge in [-0.1, -0.05) is 18.2 Å². The highest BCUT2D eigenvalue weighted by molar-refractivity contribution is 5.20. The van der Waals surface area contributed by atoms with Crippen LogP contribution in [0.3, 0.4) is 0 Å². The Kier molecular flexibility index (Phi) is 5.67. The van der Waals surface area contributed by atoms with Crippen LogP contribution < -0.4 is 4.74 Å². The number of rotatable bonds is 6. The average molecular weight is 262 g/mol. The van der Waals surface area contributed by atoms with Crippen molar-refractivity contribution in [3.63, 3.8) is 0 Å². The Hall–Kier alpha value is -1.06. The zero-order chi connectivity index (χ0) is 13.5. The number of hydrogen-bond acceptors (Lipinski definition) is 3. The molecule has 0 unspecified atom stereocenters. The Morgan fingerprint density at radius 3 is 2.47 bits per heavy atom. The number of piperidine rings is 1. The Bertz CT molecular complexity index is 345. The first-order chi connectivity index (χ1) is 9.25. The summed E-state index contributed by atoms with van der Waals surface area (Å²) in [4.78, 5) is 4.92. The second-order valence-corrected chi connectivity index (χ2v) is 5.55. The summed E-state index contributed by atoms with van der Waals surface area (Å²) in [6.45, 7) is 4.44. The van der Waals surface area contributed by atoms with E-state index in [1.165, 1.54) is 25.9 Å². The third-order valence-electron chi connectivity index (χ3n) is 3.92. The number of ether oxygens (including phenoxy) is 1. The molecule has 1 aromatic rings. The minimum atomic E-state index is 0.775. The standard InChI is InChI=1S/C16H26N2O/c1-17(2)15-9-12-18(13-10-15)11-6-14-19-16-7-4-3-5-8-16/h3-5,7-8,15H,6,9-14H2,1-2H3. The smallest absolute Gasteiger partial charge is 0.119 e. The molecule has 0 radical (unpaired) electrons. The van der Waals surface area contributed by atoms with Gasteiger partial charge in [0.25, 0.3) is 0 Å². The lowest BCUT2D eigenvalue weighted by atomic mass is 10.0. The molecule has 0 saturated carbocycles. The van der Waals surface area contributed by atoms with Crippen molar-refractivity contribution in [3.05, 3.63) is 30.3 Å². The van der Waals surface area contributed by atoms with Gasteiger partial charge in [0.1, 0.15) is 5.75 Å². The van der Waals surface area contributed by atoms with Crippen molar-refractivity contribution >= 4 is 0 Å². The molecule has 1 saturated heterocycles. The molecule has 1 fully saturated rings. The van der Waals surface area contributed by atoms with Gasteiger partial charge in [0.15, 0.2) is 0 Å². The third kappa shape index (κ3) is 4.84. The van der Waals surface area contributed by atoms with E-state index < -0.39 is 0 Å². The maximum atomic E-state index is 5.72. The van der Waals surface area contributed by atoms with E-state index in [9.17, 15) is 0 Å². The highest BCUT2D eigenvalue weighted by atomic mass is 16.5. The largest absolute Gasteiger partial charge is 0.494 e. The predicted octanol–water partition coefficient (Wildman–Crippen LogP) is 2.48. The van der Waals surface area contributed by atoms with Gasteiger partial charge in [0.05, 0.1) is 6.61 Å². The molecule has 3 nitrogen and oxygen atoms in total. The fraction of sp³-hybridized carbons (Fsp3) is 0.625. The molecular formula is C16H26N2O. The molecule has 0 amide bonds. The van der Waals surface area contributed by atoms with E-state index >= 15 is 0 Å². The second-order valence-electron chi connectivity index (χ2n) is 5.55. The summed E-state index contributed by atoms with van der Waals surface area (Å²) in [5, 5.41) is 0. The summed E-state index contributed by atoms with van der Waals surface area (Å²) in [5.74, 6) is 0.980. The minimum Gasteiger partial charge on any atom is -0.494 e. The molecule has 0 N–H and O–H groups in total. The van der Waals surface area contributed by atoms with Gasteiger partial charge in [-0.15, -0.1) is 0 Å². The Balaban J connectivity index is 1.57. The SMILES string of the molecule is CN(C)C1CCN(CCCOc2ccccc2)CC1. The zero-order valence-electron chi connectivity index (χ0n) is 12.2. The first-order valence-electron chi connectivity index (χ1n) is 7.32. The van der Waals surface area contributed by atoms with Crippen LogP contribution >= 0.6 is 0 Å². The van der Waals surface area contributed by atoms with Crippen LogP contribution in [0.4, 0.5) is 0 Å². The maximum Gasteiger partial charge on any atom is 0.119 e. The molecule has 1 aromatic carbocycles. The summed E-state index contributed by atoms with van der Waals surface area (Å²) in [7, 11) is 4.38. The summed E-state index contributed by atoms with van der Waals surface area (Å²) in [6.07, 6.45) is 3.71. The molecule has 0 aromatic heterocycles. The van der Waals surface area contributed by atoms with E-state index in [-0.39, 0.29) is 0 Å². The van der Waals surface area contributed by atoms with Gasteiger partial charge >= 0.3 is 0 Å².